The Balaban J connectivity index is 2.28. The van der Waals surface area contributed by atoms with Crippen molar-refractivity contribution < 1.29 is 18.3 Å². The van der Waals surface area contributed by atoms with Crippen molar-refractivity contribution >= 4 is 6.09 Å². The van der Waals surface area contributed by atoms with E-state index in [-0.39, 0.29) is 6.04 Å². The second kappa shape index (κ2) is 8.62. The Labute approximate surface area is 135 Å². The van der Waals surface area contributed by atoms with Gasteiger partial charge in [0.05, 0.1) is 0 Å². The molecule has 0 saturated carbocycles. The average molecular weight is 326 g/mol. The van der Waals surface area contributed by atoms with Crippen molar-refractivity contribution in [3.63, 3.8) is 0 Å². The van der Waals surface area contributed by atoms with Crippen LogP contribution in [0, 0.1) is 11.6 Å². The smallest absolute Gasteiger partial charge is 0.407 e. The molecule has 0 aliphatic rings. The summed E-state index contributed by atoms with van der Waals surface area (Å²) in [4.78, 5) is 11.4. The molecule has 23 heavy (non-hydrogen) atoms. The van der Waals surface area contributed by atoms with E-state index in [1.54, 1.807) is 32.9 Å². The molecule has 0 heterocycles. The molecule has 0 aliphatic carbocycles. The lowest BCUT2D eigenvalue weighted by Crippen LogP contribution is -2.32. The molecule has 0 aromatic heterocycles. The normalized spacial score (nSPS) is 13.1. The molecule has 6 heteroatoms. The third kappa shape index (κ3) is 7.74. The van der Waals surface area contributed by atoms with Crippen LogP contribution in [0.2, 0.25) is 0 Å². The SMILES string of the molecule is CC(NC/C=C/CNC(=O)OC(C)(C)C)c1ccc(F)c(F)c1. The molecule has 0 fully saturated rings. The van der Waals surface area contributed by atoms with Crippen LogP contribution in [-0.4, -0.2) is 24.8 Å². The minimum Gasteiger partial charge on any atom is -0.444 e. The van der Waals surface area contributed by atoms with Gasteiger partial charge >= 0.3 is 6.09 Å². The van der Waals surface area contributed by atoms with E-state index in [1.165, 1.54) is 6.07 Å². The Morgan fingerprint density at radius 2 is 1.87 bits per heavy atom. The summed E-state index contributed by atoms with van der Waals surface area (Å²) in [5.74, 6) is -1.71. The molecule has 1 atom stereocenters. The molecule has 0 radical (unpaired) electrons. The standard InChI is InChI=1S/C17H24F2N2O2/c1-12(13-7-8-14(18)15(19)11-13)20-9-5-6-10-21-16(22)23-17(2,3)4/h5-8,11-12,20H,9-10H2,1-4H3,(H,21,22)/b6-5+. The van der Waals surface area contributed by atoms with E-state index in [1.807, 2.05) is 13.0 Å². The van der Waals surface area contributed by atoms with Crippen molar-refractivity contribution in [3.8, 4) is 0 Å². The highest BCUT2D eigenvalue weighted by atomic mass is 19.2. The summed E-state index contributed by atoms with van der Waals surface area (Å²) in [6, 6.07) is 3.72. The molecule has 0 spiro atoms. The second-order valence-corrected chi connectivity index (χ2v) is 6.16. The molecular formula is C17H24F2N2O2. The minimum absolute atomic E-state index is 0.117. The number of amides is 1. The van der Waals surface area contributed by atoms with Crippen molar-refractivity contribution in [1.29, 1.82) is 0 Å². The van der Waals surface area contributed by atoms with Gasteiger partial charge in [0.1, 0.15) is 5.60 Å². The summed E-state index contributed by atoms with van der Waals surface area (Å²) >= 11 is 0. The van der Waals surface area contributed by atoms with Gasteiger partial charge in [-0.05, 0) is 45.4 Å². The van der Waals surface area contributed by atoms with Gasteiger partial charge in [-0.2, -0.15) is 0 Å². The van der Waals surface area contributed by atoms with Crippen LogP contribution in [0.25, 0.3) is 0 Å². The molecule has 1 aromatic carbocycles. The molecular weight excluding hydrogens is 302 g/mol. The van der Waals surface area contributed by atoms with E-state index in [9.17, 15) is 13.6 Å². The van der Waals surface area contributed by atoms with Crippen molar-refractivity contribution in [3.05, 3.63) is 47.5 Å². The van der Waals surface area contributed by atoms with Gasteiger partial charge in [0.2, 0.25) is 0 Å². The fraction of sp³-hybridized carbons (Fsp3) is 0.471. The zero-order valence-corrected chi connectivity index (χ0v) is 14.0. The summed E-state index contributed by atoms with van der Waals surface area (Å²) in [5.41, 5.74) is 0.152. The van der Waals surface area contributed by atoms with Gasteiger partial charge < -0.3 is 15.4 Å². The Hall–Kier alpha value is -1.95. The molecule has 0 saturated heterocycles. The lowest BCUT2D eigenvalue weighted by Gasteiger charge is -2.19. The zero-order valence-electron chi connectivity index (χ0n) is 14.0. The first-order chi connectivity index (χ1) is 10.7. The van der Waals surface area contributed by atoms with E-state index in [2.05, 4.69) is 10.6 Å². The van der Waals surface area contributed by atoms with Crippen molar-refractivity contribution in [2.75, 3.05) is 13.1 Å². The Bertz CT molecular complexity index is 554. The fourth-order valence-electron chi connectivity index (χ4n) is 1.77. The molecule has 1 amide bonds. The zero-order chi connectivity index (χ0) is 17.5. The maximum absolute atomic E-state index is 13.2. The number of ether oxygens (including phenoxy) is 1. The summed E-state index contributed by atoms with van der Waals surface area (Å²) in [7, 11) is 0. The molecule has 2 N–H and O–H groups in total. The Morgan fingerprint density at radius 3 is 2.48 bits per heavy atom. The number of rotatable bonds is 6. The van der Waals surface area contributed by atoms with Crippen LogP contribution in [-0.2, 0) is 4.74 Å². The lowest BCUT2D eigenvalue weighted by molar-refractivity contribution is 0.0534. The predicted molar refractivity (Wildman–Crippen MR) is 86.2 cm³/mol. The molecule has 4 nitrogen and oxygen atoms in total. The number of alkyl carbamates (subject to hydrolysis) is 1. The van der Waals surface area contributed by atoms with Crippen LogP contribution in [0.3, 0.4) is 0 Å². The highest BCUT2D eigenvalue weighted by Crippen LogP contribution is 2.15. The molecule has 1 rings (SSSR count). The van der Waals surface area contributed by atoms with E-state index < -0.39 is 23.3 Å². The number of hydrogen-bond acceptors (Lipinski definition) is 3. The predicted octanol–water partition coefficient (Wildman–Crippen LogP) is 3.70. The third-order valence-corrected chi connectivity index (χ3v) is 2.92. The average Bonchev–Trinajstić information content (AvgIpc) is 2.43. The number of benzene rings is 1. The maximum Gasteiger partial charge on any atom is 0.407 e. The van der Waals surface area contributed by atoms with Crippen LogP contribution in [0.15, 0.2) is 30.4 Å². The van der Waals surface area contributed by atoms with E-state index in [0.29, 0.717) is 18.7 Å². The van der Waals surface area contributed by atoms with E-state index >= 15 is 0 Å². The topological polar surface area (TPSA) is 50.4 Å². The van der Waals surface area contributed by atoms with E-state index in [0.717, 1.165) is 6.07 Å². The van der Waals surface area contributed by atoms with Crippen LogP contribution >= 0.6 is 0 Å². The number of nitrogens with one attached hydrogen (secondary N) is 2. The summed E-state index contributed by atoms with van der Waals surface area (Å²) in [6.45, 7) is 8.15. The summed E-state index contributed by atoms with van der Waals surface area (Å²) in [5, 5.41) is 5.76. The summed E-state index contributed by atoms with van der Waals surface area (Å²) in [6.07, 6.45) is 3.16. The molecule has 0 aliphatic heterocycles. The lowest BCUT2D eigenvalue weighted by atomic mass is 10.1. The second-order valence-electron chi connectivity index (χ2n) is 6.16. The first kappa shape index (κ1) is 19.1. The largest absolute Gasteiger partial charge is 0.444 e. The third-order valence-electron chi connectivity index (χ3n) is 2.92. The highest BCUT2D eigenvalue weighted by Gasteiger charge is 2.15. The molecule has 1 aromatic rings. The number of carbonyl (C=O) groups excluding carboxylic acids is 1. The number of halogens is 2. The fourth-order valence-corrected chi connectivity index (χ4v) is 1.77. The van der Waals surface area contributed by atoms with Crippen LogP contribution in [0.1, 0.15) is 39.3 Å². The van der Waals surface area contributed by atoms with Gasteiger partial charge in [0.15, 0.2) is 11.6 Å². The Kier molecular flexibility index (Phi) is 7.16. The molecule has 128 valence electrons. The summed E-state index contributed by atoms with van der Waals surface area (Å²) < 4.78 is 31.1. The monoisotopic (exact) mass is 326 g/mol. The Morgan fingerprint density at radius 1 is 1.22 bits per heavy atom. The van der Waals surface area contributed by atoms with Gasteiger partial charge in [0.25, 0.3) is 0 Å². The van der Waals surface area contributed by atoms with Gasteiger partial charge in [-0.3, -0.25) is 0 Å². The van der Waals surface area contributed by atoms with Crippen molar-refractivity contribution in [1.82, 2.24) is 10.6 Å². The highest BCUT2D eigenvalue weighted by molar-refractivity contribution is 5.67. The van der Waals surface area contributed by atoms with Crippen molar-refractivity contribution in [2.24, 2.45) is 0 Å². The van der Waals surface area contributed by atoms with Crippen molar-refractivity contribution in [2.45, 2.75) is 39.3 Å². The van der Waals surface area contributed by atoms with Gasteiger partial charge in [0, 0.05) is 19.1 Å². The number of hydrogen-bond donors (Lipinski definition) is 2. The van der Waals surface area contributed by atoms with Crippen LogP contribution < -0.4 is 10.6 Å². The van der Waals surface area contributed by atoms with Crippen LogP contribution in [0.5, 0.6) is 0 Å². The van der Waals surface area contributed by atoms with Gasteiger partial charge in [-0.15, -0.1) is 0 Å². The quantitative estimate of drug-likeness (QED) is 0.784. The molecule has 1 unspecified atom stereocenters. The van der Waals surface area contributed by atoms with E-state index in [4.69, 9.17) is 4.74 Å². The van der Waals surface area contributed by atoms with Gasteiger partial charge in [-0.1, -0.05) is 18.2 Å². The first-order valence-electron chi connectivity index (χ1n) is 7.49. The minimum atomic E-state index is -0.853. The maximum atomic E-state index is 13.2. The van der Waals surface area contributed by atoms with Gasteiger partial charge in [-0.25, -0.2) is 13.6 Å². The number of carbonyl (C=O) groups is 1. The first-order valence-corrected chi connectivity index (χ1v) is 7.49. The van der Waals surface area contributed by atoms with Crippen LogP contribution in [0.4, 0.5) is 13.6 Å². The molecule has 0 bridgehead atoms.